The summed E-state index contributed by atoms with van der Waals surface area (Å²) < 4.78 is 2.05. The molecule has 3 heterocycles. The zero-order valence-electron chi connectivity index (χ0n) is 14.0. The van der Waals surface area contributed by atoms with Crippen LogP contribution in [0.5, 0.6) is 0 Å². The zero-order chi connectivity index (χ0) is 16.4. The summed E-state index contributed by atoms with van der Waals surface area (Å²) in [5.74, 6) is 1.23. The molecule has 1 atom stereocenters. The summed E-state index contributed by atoms with van der Waals surface area (Å²) in [6, 6.07) is 6.39. The van der Waals surface area contributed by atoms with Crippen LogP contribution in [-0.4, -0.2) is 44.7 Å². The Morgan fingerprint density at radius 2 is 1.96 bits per heavy atom. The summed E-state index contributed by atoms with van der Waals surface area (Å²) >= 11 is 0. The molecule has 2 amide bonds. The molecule has 24 heavy (non-hydrogen) atoms. The lowest BCUT2D eigenvalue weighted by molar-refractivity contribution is 0.171. The molecule has 0 radical (unpaired) electrons. The smallest absolute Gasteiger partial charge is 0.317 e. The first-order chi connectivity index (χ1) is 11.8. The Kier molecular flexibility index (Phi) is 4.36. The molecule has 1 aliphatic heterocycles. The number of pyridine rings is 1. The molecule has 2 aromatic rings. The van der Waals surface area contributed by atoms with E-state index in [4.69, 9.17) is 0 Å². The number of nitrogens with zero attached hydrogens (tertiary/aromatic N) is 4. The van der Waals surface area contributed by atoms with Crippen molar-refractivity contribution in [3.63, 3.8) is 0 Å². The lowest BCUT2D eigenvalue weighted by Crippen LogP contribution is -2.48. The molecule has 0 bridgehead atoms. The van der Waals surface area contributed by atoms with E-state index in [0.29, 0.717) is 6.04 Å². The maximum Gasteiger partial charge on any atom is 0.317 e. The first kappa shape index (κ1) is 15.4. The number of likely N-dealkylation sites (tertiary alicyclic amines) is 1. The first-order valence-corrected chi connectivity index (χ1v) is 9.16. The van der Waals surface area contributed by atoms with Crippen molar-refractivity contribution < 1.29 is 4.79 Å². The number of piperidine rings is 1. The van der Waals surface area contributed by atoms with Crippen LogP contribution in [0.4, 0.5) is 4.79 Å². The number of carbonyl (C=O) groups excluding carboxylic acids is 1. The van der Waals surface area contributed by atoms with Crippen LogP contribution in [0.25, 0.3) is 5.65 Å². The topological polar surface area (TPSA) is 62.5 Å². The van der Waals surface area contributed by atoms with Gasteiger partial charge in [0.05, 0.1) is 0 Å². The van der Waals surface area contributed by atoms with E-state index < -0.39 is 0 Å². The van der Waals surface area contributed by atoms with Gasteiger partial charge in [-0.15, -0.1) is 10.2 Å². The highest BCUT2D eigenvalue weighted by Gasteiger charge is 2.29. The van der Waals surface area contributed by atoms with E-state index in [-0.39, 0.29) is 11.9 Å². The maximum absolute atomic E-state index is 12.6. The first-order valence-electron chi connectivity index (χ1n) is 9.16. The molecule has 4 rings (SSSR count). The summed E-state index contributed by atoms with van der Waals surface area (Å²) in [6.07, 6.45) is 10.1. The zero-order valence-corrected chi connectivity index (χ0v) is 14.0. The van der Waals surface area contributed by atoms with Crippen LogP contribution in [0.2, 0.25) is 0 Å². The lowest BCUT2D eigenvalue weighted by Gasteiger charge is -2.34. The molecule has 2 fully saturated rings. The summed E-state index contributed by atoms with van der Waals surface area (Å²) in [5, 5.41) is 11.9. The highest BCUT2D eigenvalue weighted by molar-refractivity contribution is 5.74. The Morgan fingerprint density at radius 1 is 1.08 bits per heavy atom. The highest BCUT2D eigenvalue weighted by Crippen LogP contribution is 2.26. The van der Waals surface area contributed by atoms with Crippen LogP contribution in [-0.2, 0) is 0 Å². The van der Waals surface area contributed by atoms with E-state index in [0.717, 1.165) is 50.2 Å². The van der Waals surface area contributed by atoms with Crippen molar-refractivity contribution in [1.29, 1.82) is 0 Å². The largest absolute Gasteiger partial charge is 0.335 e. The van der Waals surface area contributed by atoms with Gasteiger partial charge in [-0.3, -0.25) is 4.40 Å². The van der Waals surface area contributed by atoms with Crippen LogP contribution in [0.3, 0.4) is 0 Å². The second-order valence-electron chi connectivity index (χ2n) is 7.06. The molecular formula is C18H25N5O. The van der Waals surface area contributed by atoms with Crippen molar-refractivity contribution in [3.8, 4) is 0 Å². The molecule has 1 unspecified atom stereocenters. The molecule has 0 spiro atoms. The Morgan fingerprint density at radius 3 is 2.83 bits per heavy atom. The van der Waals surface area contributed by atoms with Gasteiger partial charge in [-0.25, -0.2) is 4.79 Å². The van der Waals surface area contributed by atoms with Gasteiger partial charge in [0, 0.05) is 31.2 Å². The molecule has 128 valence electrons. The number of hydrogen-bond donors (Lipinski definition) is 1. The molecule has 2 aromatic heterocycles. The van der Waals surface area contributed by atoms with E-state index in [1.165, 1.54) is 19.3 Å². The third-order valence-electron chi connectivity index (χ3n) is 5.35. The molecule has 2 aliphatic rings. The van der Waals surface area contributed by atoms with Crippen LogP contribution in [0, 0.1) is 0 Å². The van der Waals surface area contributed by atoms with E-state index in [9.17, 15) is 4.79 Å². The third-order valence-corrected chi connectivity index (χ3v) is 5.35. The fourth-order valence-electron chi connectivity index (χ4n) is 4.02. The van der Waals surface area contributed by atoms with Crippen molar-refractivity contribution in [2.75, 3.05) is 13.1 Å². The average molecular weight is 327 g/mol. The van der Waals surface area contributed by atoms with Crippen LogP contribution in [0.15, 0.2) is 24.4 Å². The van der Waals surface area contributed by atoms with E-state index in [1.807, 2.05) is 33.7 Å². The predicted molar refractivity (Wildman–Crippen MR) is 91.9 cm³/mol. The number of amides is 2. The minimum atomic E-state index is 0.0976. The van der Waals surface area contributed by atoms with Gasteiger partial charge >= 0.3 is 6.03 Å². The third kappa shape index (κ3) is 3.09. The van der Waals surface area contributed by atoms with Crippen molar-refractivity contribution in [2.24, 2.45) is 0 Å². The van der Waals surface area contributed by atoms with Gasteiger partial charge in [0.1, 0.15) is 5.82 Å². The predicted octanol–water partition coefficient (Wildman–Crippen LogP) is 2.95. The van der Waals surface area contributed by atoms with E-state index >= 15 is 0 Å². The van der Waals surface area contributed by atoms with Gasteiger partial charge in [0.15, 0.2) is 5.65 Å². The number of hydrogen-bond acceptors (Lipinski definition) is 3. The minimum absolute atomic E-state index is 0.0976. The second-order valence-corrected chi connectivity index (χ2v) is 7.06. The summed E-state index contributed by atoms with van der Waals surface area (Å²) in [4.78, 5) is 14.6. The number of urea groups is 1. The molecule has 6 nitrogen and oxygen atoms in total. The van der Waals surface area contributed by atoms with Crippen LogP contribution >= 0.6 is 0 Å². The molecule has 6 heteroatoms. The molecular weight excluding hydrogens is 302 g/mol. The molecule has 1 N–H and O–H groups in total. The standard InChI is InChI=1S/C18H25N5O/c24-18(19-15-8-2-1-3-9-15)22-11-6-7-14(13-22)17-21-20-16-10-4-5-12-23(16)17/h4-5,10,12,14-15H,1-3,6-9,11,13H2,(H,19,24). The number of carbonyl (C=O) groups is 1. The van der Waals surface area contributed by atoms with Crippen LogP contribution in [0.1, 0.15) is 56.7 Å². The van der Waals surface area contributed by atoms with Crippen molar-refractivity contribution >= 4 is 11.7 Å². The number of aromatic nitrogens is 3. The fraction of sp³-hybridized carbons (Fsp3) is 0.611. The Bertz CT molecular complexity index is 706. The normalized spacial score (nSPS) is 22.7. The monoisotopic (exact) mass is 327 g/mol. The molecule has 0 aromatic carbocycles. The Labute approximate surface area is 142 Å². The highest BCUT2D eigenvalue weighted by atomic mass is 16.2. The molecule has 1 aliphatic carbocycles. The van der Waals surface area contributed by atoms with Gasteiger partial charge < -0.3 is 10.2 Å². The molecule has 1 saturated heterocycles. The average Bonchev–Trinajstić information content (AvgIpc) is 3.07. The Balaban J connectivity index is 1.44. The fourth-order valence-corrected chi connectivity index (χ4v) is 4.02. The number of rotatable bonds is 2. The minimum Gasteiger partial charge on any atom is -0.335 e. The van der Waals surface area contributed by atoms with E-state index in [2.05, 4.69) is 15.5 Å². The van der Waals surface area contributed by atoms with Crippen molar-refractivity contribution in [1.82, 2.24) is 24.8 Å². The van der Waals surface area contributed by atoms with Gasteiger partial charge in [0.25, 0.3) is 0 Å². The summed E-state index contributed by atoms with van der Waals surface area (Å²) in [7, 11) is 0. The summed E-state index contributed by atoms with van der Waals surface area (Å²) in [5.41, 5.74) is 0.872. The van der Waals surface area contributed by atoms with Gasteiger partial charge in [-0.1, -0.05) is 25.3 Å². The number of nitrogens with one attached hydrogen (secondary N) is 1. The van der Waals surface area contributed by atoms with Crippen LogP contribution < -0.4 is 5.32 Å². The number of fused-ring (bicyclic) bond motifs is 1. The maximum atomic E-state index is 12.6. The molecule has 1 saturated carbocycles. The van der Waals surface area contributed by atoms with Crippen molar-refractivity contribution in [2.45, 2.75) is 56.9 Å². The summed E-state index contributed by atoms with van der Waals surface area (Å²) in [6.45, 7) is 1.57. The van der Waals surface area contributed by atoms with Gasteiger partial charge in [0.2, 0.25) is 0 Å². The van der Waals surface area contributed by atoms with Gasteiger partial charge in [-0.05, 0) is 37.8 Å². The van der Waals surface area contributed by atoms with Gasteiger partial charge in [-0.2, -0.15) is 0 Å². The quantitative estimate of drug-likeness (QED) is 0.922. The second kappa shape index (κ2) is 6.79. The van der Waals surface area contributed by atoms with Crippen molar-refractivity contribution in [3.05, 3.63) is 30.2 Å². The Hall–Kier alpha value is -2.11. The lowest BCUT2D eigenvalue weighted by atomic mass is 9.95. The van der Waals surface area contributed by atoms with E-state index in [1.54, 1.807) is 0 Å². The SMILES string of the molecule is O=C(NC1CCCCC1)N1CCCC(c2nnc3ccccn23)C1.